The Bertz CT molecular complexity index is 699. The van der Waals surface area contributed by atoms with Gasteiger partial charge in [-0.3, -0.25) is 4.90 Å². The molecule has 0 aliphatic carbocycles. The predicted molar refractivity (Wildman–Crippen MR) is 104 cm³/mol. The summed E-state index contributed by atoms with van der Waals surface area (Å²) >= 11 is 0. The van der Waals surface area contributed by atoms with Crippen LogP contribution in [-0.4, -0.2) is 32.3 Å². The van der Waals surface area contributed by atoms with Crippen LogP contribution < -0.4 is 14.2 Å². The highest BCUT2D eigenvalue weighted by atomic mass is 16.5. The second-order valence-electron chi connectivity index (χ2n) is 6.74. The van der Waals surface area contributed by atoms with Crippen LogP contribution in [0.2, 0.25) is 0 Å². The number of methoxy groups -OCH3 is 2. The van der Waals surface area contributed by atoms with Gasteiger partial charge in [-0.15, -0.1) is 0 Å². The van der Waals surface area contributed by atoms with Gasteiger partial charge < -0.3 is 14.2 Å². The molecule has 0 aromatic heterocycles. The Balaban J connectivity index is 1.72. The van der Waals surface area contributed by atoms with Crippen molar-refractivity contribution in [1.29, 1.82) is 0 Å². The van der Waals surface area contributed by atoms with Crippen molar-refractivity contribution in [2.45, 2.75) is 38.8 Å². The van der Waals surface area contributed by atoms with Gasteiger partial charge >= 0.3 is 0 Å². The van der Waals surface area contributed by atoms with Crippen molar-refractivity contribution in [2.24, 2.45) is 0 Å². The zero-order chi connectivity index (χ0) is 18.4. The molecule has 4 nitrogen and oxygen atoms in total. The molecule has 1 fully saturated rings. The number of rotatable bonds is 8. The summed E-state index contributed by atoms with van der Waals surface area (Å²) in [7, 11) is 3.41. The lowest BCUT2D eigenvalue weighted by Crippen LogP contribution is -2.22. The molecule has 1 heterocycles. The molecule has 1 saturated heterocycles. The second kappa shape index (κ2) is 8.95. The van der Waals surface area contributed by atoms with Gasteiger partial charge in [0.05, 0.1) is 20.8 Å². The van der Waals surface area contributed by atoms with E-state index in [9.17, 15) is 0 Å². The molecule has 2 aromatic carbocycles. The molecule has 4 heteroatoms. The first-order valence-corrected chi connectivity index (χ1v) is 9.43. The van der Waals surface area contributed by atoms with Crippen molar-refractivity contribution in [2.75, 3.05) is 27.4 Å². The minimum atomic E-state index is 0.461. The molecule has 2 aromatic rings. The first kappa shape index (κ1) is 18.6. The number of ether oxygens (including phenoxy) is 3. The summed E-state index contributed by atoms with van der Waals surface area (Å²) in [6, 6.07) is 15.2. The van der Waals surface area contributed by atoms with Gasteiger partial charge in [-0.1, -0.05) is 25.1 Å². The Labute approximate surface area is 156 Å². The summed E-state index contributed by atoms with van der Waals surface area (Å²) < 4.78 is 16.6. The first-order valence-electron chi connectivity index (χ1n) is 9.43. The van der Waals surface area contributed by atoms with Crippen LogP contribution in [0.1, 0.15) is 43.4 Å². The standard InChI is InChI=1S/C22H29NO3/c1-4-14-26-21-12-7-17(15-22(21)25-3)16-23-13-5-6-20(23)18-8-10-19(24-2)11-9-18/h7-12,15,20H,4-6,13-14,16H2,1-3H3/t20-/m0/s1. The number of hydrogen-bond donors (Lipinski definition) is 0. The highest BCUT2D eigenvalue weighted by molar-refractivity contribution is 5.43. The van der Waals surface area contributed by atoms with Crippen LogP contribution >= 0.6 is 0 Å². The van der Waals surface area contributed by atoms with Gasteiger partial charge in [-0.05, 0) is 61.2 Å². The topological polar surface area (TPSA) is 30.9 Å². The van der Waals surface area contributed by atoms with E-state index in [1.54, 1.807) is 14.2 Å². The summed E-state index contributed by atoms with van der Waals surface area (Å²) in [5.41, 5.74) is 2.62. The fourth-order valence-corrected chi connectivity index (χ4v) is 3.60. The van der Waals surface area contributed by atoms with Crippen molar-refractivity contribution in [3.63, 3.8) is 0 Å². The molecule has 1 atom stereocenters. The Morgan fingerprint density at radius 2 is 1.81 bits per heavy atom. The molecule has 0 N–H and O–H groups in total. The maximum Gasteiger partial charge on any atom is 0.161 e. The molecule has 0 saturated carbocycles. The SMILES string of the molecule is CCCOc1ccc(CN2CCC[C@H]2c2ccc(OC)cc2)cc1OC. The normalized spacial score (nSPS) is 17.3. The van der Waals surface area contributed by atoms with E-state index in [1.165, 1.54) is 24.0 Å². The smallest absolute Gasteiger partial charge is 0.161 e. The molecular formula is C22H29NO3. The van der Waals surface area contributed by atoms with Gasteiger partial charge in [0.2, 0.25) is 0 Å². The van der Waals surface area contributed by atoms with E-state index in [1.807, 2.05) is 6.07 Å². The van der Waals surface area contributed by atoms with Gasteiger partial charge in [0.15, 0.2) is 11.5 Å². The molecular weight excluding hydrogens is 326 g/mol. The average Bonchev–Trinajstić information content (AvgIpc) is 3.15. The van der Waals surface area contributed by atoms with Gasteiger partial charge in [-0.2, -0.15) is 0 Å². The fourth-order valence-electron chi connectivity index (χ4n) is 3.60. The number of hydrogen-bond acceptors (Lipinski definition) is 4. The van der Waals surface area contributed by atoms with E-state index in [2.05, 4.69) is 48.2 Å². The quantitative estimate of drug-likeness (QED) is 0.679. The number of benzene rings is 2. The Hall–Kier alpha value is -2.20. The van der Waals surface area contributed by atoms with Crippen LogP contribution in [0.3, 0.4) is 0 Å². The van der Waals surface area contributed by atoms with Gasteiger partial charge in [-0.25, -0.2) is 0 Å². The molecule has 0 bridgehead atoms. The van der Waals surface area contributed by atoms with E-state index in [0.29, 0.717) is 12.6 Å². The summed E-state index contributed by atoms with van der Waals surface area (Å²) in [5, 5.41) is 0. The van der Waals surface area contributed by atoms with E-state index in [0.717, 1.165) is 36.8 Å². The zero-order valence-corrected chi connectivity index (χ0v) is 16.0. The molecule has 0 amide bonds. The third kappa shape index (κ3) is 4.31. The van der Waals surface area contributed by atoms with Crippen LogP contribution in [0, 0.1) is 0 Å². The molecule has 0 spiro atoms. The molecule has 0 unspecified atom stereocenters. The maximum atomic E-state index is 5.76. The molecule has 26 heavy (non-hydrogen) atoms. The molecule has 3 rings (SSSR count). The predicted octanol–water partition coefficient (Wildman–Crippen LogP) is 4.83. The average molecular weight is 355 g/mol. The second-order valence-corrected chi connectivity index (χ2v) is 6.74. The van der Waals surface area contributed by atoms with Crippen molar-refractivity contribution in [3.8, 4) is 17.2 Å². The van der Waals surface area contributed by atoms with Crippen molar-refractivity contribution >= 4 is 0 Å². The fraction of sp³-hybridized carbons (Fsp3) is 0.455. The maximum absolute atomic E-state index is 5.76. The van der Waals surface area contributed by atoms with E-state index < -0.39 is 0 Å². The molecule has 1 aliphatic rings. The first-order chi connectivity index (χ1) is 12.7. The van der Waals surface area contributed by atoms with Crippen LogP contribution in [0.5, 0.6) is 17.2 Å². The monoisotopic (exact) mass is 355 g/mol. The Morgan fingerprint density at radius 1 is 1.00 bits per heavy atom. The number of nitrogens with zero attached hydrogens (tertiary/aromatic N) is 1. The third-order valence-corrected chi connectivity index (χ3v) is 4.94. The molecule has 0 radical (unpaired) electrons. The van der Waals surface area contributed by atoms with Gasteiger partial charge in [0, 0.05) is 12.6 Å². The lowest BCUT2D eigenvalue weighted by Gasteiger charge is -2.25. The van der Waals surface area contributed by atoms with E-state index in [-0.39, 0.29) is 0 Å². The van der Waals surface area contributed by atoms with Crippen molar-refractivity contribution in [3.05, 3.63) is 53.6 Å². The highest BCUT2D eigenvalue weighted by Crippen LogP contribution is 2.35. The zero-order valence-electron chi connectivity index (χ0n) is 16.0. The minimum Gasteiger partial charge on any atom is -0.497 e. The van der Waals surface area contributed by atoms with Crippen LogP contribution in [0.4, 0.5) is 0 Å². The van der Waals surface area contributed by atoms with Gasteiger partial charge in [0.1, 0.15) is 5.75 Å². The van der Waals surface area contributed by atoms with Crippen molar-refractivity contribution < 1.29 is 14.2 Å². The lowest BCUT2D eigenvalue weighted by atomic mass is 10.0. The van der Waals surface area contributed by atoms with Crippen LogP contribution in [0.15, 0.2) is 42.5 Å². The lowest BCUT2D eigenvalue weighted by molar-refractivity contribution is 0.247. The third-order valence-electron chi connectivity index (χ3n) is 4.94. The van der Waals surface area contributed by atoms with Crippen LogP contribution in [-0.2, 0) is 6.54 Å². The summed E-state index contributed by atoms with van der Waals surface area (Å²) in [6.07, 6.45) is 3.41. The van der Waals surface area contributed by atoms with Crippen molar-refractivity contribution in [1.82, 2.24) is 4.90 Å². The van der Waals surface area contributed by atoms with Gasteiger partial charge in [0.25, 0.3) is 0 Å². The summed E-state index contributed by atoms with van der Waals surface area (Å²) in [4.78, 5) is 2.54. The molecule has 1 aliphatic heterocycles. The Morgan fingerprint density at radius 3 is 2.50 bits per heavy atom. The minimum absolute atomic E-state index is 0.461. The number of likely N-dealkylation sites (tertiary alicyclic amines) is 1. The Kier molecular flexibility index (Phi) is 6.40. The highest BCUT2D eigenvalue weighted by Gasteiger charge is 2.26. The largest absolute Gasteiger partial charge is 0.497 e. The molecule has 140 valence electrons. The van der Waals surface area contributed by atoms with E-state index >= 15 is 0 Å². The van der Waals surface area contributed by atoms with Crippen LogP contribution in [0.25, 0.3) is 0 Å². The summed E-state index contributed by atoms with van der Waals surface area (Å²) in [5.74, 6) is 2.55. The summed E-state index contributed by atoms with van der Waals surface area (Å²) in [6.45, 7) is 4.85. The van der Waals surface area contributed by atoms with E-state index in [4.69, 9.17) is 14.2 Å².